The fraction of sp³-hybridized carbons (Fsp3) is 0.355. The number of para-hydroxylation sites is 1. The van der Waals surface area contributed by atoms with Crippen LogP contribution in [0, 0.1) is 13.8 Å². The van der Waals surface area contributed by atoms with Gasteiger partial charge in [0.15, 0.2) is 11.8 Å². The molecule has 2 aromatic carbocycles. The number of pyridine rings is 2. The highest BCUT2D eigenvalue weighted by atomic mass is 16.3. The Morgan fingerprint density at radius 1 is 0.853 bits per heavy atom. The summed E-state index contributed by atoms with van der Waals surface area (Å²) < 4.78 is 8.93. The van der Waals surface area contributed by atoms with E-state index in [1.54, 1.807) is 0 Å². The molecular formula is C31H33N2O+. The van der Waals surface area contributed by atoms with Gasteiger partial charge < -0.3 is 4.42 Å². The van der Waals surface area contributed by atoms with Gasteiger partial charge in [-0.2, -0.15) is 0 Å². The van der Waals surface area contributed by atoms with Crippen LogP contribution >= 0.6 is 0 Å². The van der Waals surface area contributed by atoms with Gasteiger partial charge >= 0.3 is 0 Å². The Morgan fingerprint density at radius 3 is 2.32 bits per heavy atom. The monoisotopic (exact) mass is 449 g/mol. The summed E-state index contributed by atoms with van der Waals surface area (Å²) in [6, 6.07) is 14.9. The second-order valence-electron chi connectivity index (χ2n) is 11.6. The summed E-state index contributed by atoms with van der Waals surface area (Å²) in [7, 11) is 2.19. The highest BCUT2D eigenvalue weighted by Gasteiger charge is 2.44. The molecule has 0 amide bonds. The zero-order valence-corrected chi connectivity index (χ0v) is 21.3. The molecule has 0 bridgehead atoms. The molecule has 0 spiro atoms. The van der Waals surface area contributed by atoms with Crippen molar-refractivity contribution in [2.75, 3.05) is 0 Å². The number of hydrogen-bond donors (Lipinski definition) is 0. The van der Waals surface area contributed by atoms with Gasteiger partial charge in [0.25, 0.3) is 0 Å². The van der Waals surface area contributed by atoms with Crippen LogP contribution in [0.4, 0.5) is 0 Å². The number of benzene rings is 2. The Labute approximate surface area is 201 Å². The lowest BCUT2D eigenvalue weighted by molar-refractivity contribution is -0.661. The first kappa shape index (κ1) is 21.3. The van der Waals surface area contributed by atoms with Gasteiger partial charge in [0, 0.05) is 27.3 Å². The molecule has 0 radical (unpaired) electrons. The third-order valence-corrected chi connectivity index (χ3v) is 8.13. The van der Waals surface area contributed by atoms with Gasteiger partial charge in [-0.1, -0.05) is 58.0 Å². The van der Waals surface area contributed by atoms with Gasteiger partial charge in [0.05, 0.1) is 11.1 Å². The van der Waals surface area contributed by atoms with E-state index < -0.39 is 0 Å². The maximum Gasteiger partial charge on any atom is 0.227 e. The first-order valence-corrected chi connectivity index (χ1v) is 12.3. The van der Waals surface area contributed by atoms with Crippen molar-refractivity contribution in [3.63, 3.8) is 0 Å². The van der Waals surface area contributed by atoms with Gasteiger partial charge in [-0.3, -0.25) is 0 Å². The fourth-order valence-corrected chi connectivity index (χ4v) is 6.38. The molecular weight excluding hydrogens is 416 g/mol. The molecule has 3 heteroatoms. The largest absolute Gasteiger partial charge is 0.437 e. The van der Waals surface area contributed by atoms with Crippen LogP contribution in [-0.4, -0.2) is 4.98 Å². The van der Waals surface area contributed by atoms with Gasteiger partial charge in [-0.15, -0.1) is 0 Å². The van der Waals surface area contributed by atoms with Gasteiger partial charge in [0.2, 0.25) is 11.4 Å². The van der Waals surface area contributed by atoms with Crippen LogP contribution in [0.15, 0.2) is 53.1 Å². The van der Waals surface area contributed by atoms with Crippen molar-refractivity contribution < 1.29 is 8.98 Å². The number of furan rings is 1. The molecule has 5 aromatic rings. The van der Waals surface area contributed by atoms with Crippen LogP contribution in [0.1, 0.15) is 62.8 Å². The Kier molecular flexibility index (Phi) is 4.34. The Balaban J connectivity index is 1.77. The summed E-state index contributed by atoms with van der Waals surface area (Å²) >= 11 is 0. The topological polar surface area (TPSA) is 29.9 Å². The van der Waals surface area contributed by atoms with Crippen LogP contribution in [0.2, 0.25) is 0 Å². The Bertz CT molecular complexity index is 1640. The highest BCUT2D eigenvalue weighted by Crippen LogP contribution is 2.51. The first-order valence-electron chi connectivity index (χ1n) is 12.3. The predicted molar refractivity (Wildman–Crippen MR) is 140 cm³/mol. The SMILES string of the molecule is Cc1c[n+](C)c(-c2c(C)ccc3c2oc2nc4ccccc4cc23)c2c1C(C)(C)CCC2(C)C. The van der Waals surface area contributed by atoms with Crippen LogP contribution in [0.25, 0.3) is 44.2 Å². The molecule has 0 fully saturated rings. The lowest BCUT2D eigenvalue weighted by atomic mass is 9.61. The van der Waals surface area contributed by atoms with Crippen molar-refractivity contribution in [3.05, 3.63) is 70.9 Å². The molecule has 1 aliphatic carbocycles. The molecule has 0 unspecified atom stereocenters. The van der Waals surface area contributed by atoms with Gasteiger partial charge in [-0.25, -0.2) is 9.55 Å². The number of aryl methyl sites for hydroxylation is 3. The molecule has 0 aliphatic heterocycles. The van der Waals surface area contributed by atoms with E-state index in [4.69, 9.17) is 9.40 Å². The van der Waals surface area contributed by atoms with E-state index in [-0.39, 0.29) is 10.8 Å². The van der Waals surface area contributed by atoms with E-state index in [1.165, 1.54) is 46.4 Å². The van der Waals surface area contributed by atoms with E-state index >= 15 is 0 Å². The molecule has 172 valence electrons. The highest BCUT2D eigenvalue weighted by molar-refractivity contribution is 6.11. The second-order valence-corrected chi connectivity index (χ2v) is 11.6. The zero-order chi connectivity index (χ0) is 24.0. The summed E-state index contributed by atoms with van der Waals surface area (Å²) in [4.78, 5) is 4.88. The normalized spacial score (nSPS) is 16.9. The summed E-state index contributed by atoms with van der Waals surface area (Å²) in [5.74, 6) is 0. The third-order valence-electron chi connectivity index (χ3n) is 8.13. The molecule has 0 saturated carbocycles. The first-order chi connectivity index (χ1) is 16.1. The minimum atomic E-state index is 0.0809. The van der Waals surface area contributed by atoms with Crippen LogP contribution in [0.3, 0.4) is 0 Å². The molecule has 0 N–H and O–H groups in total. The third kappa shape index (κ3) is 2.89. The average molecular weight is 450 g/mol. The molecule has 0 atom stereocenters. The van der Waals surface area contributed by atoms with Gasteiger partial charge in [-0.05, 0) is 60.8 Å². The van der Waals surface area contributed by atoms with E-state index in [0.29, 0.717) is 5.71 Å². The molecule has 34 heavy (non-hydrogen) atoms. The van der Waals surface area contributed by atoms with E-state index in [2.05, 4.69) is 95.8 Å². The van der Waals surface area contributed by atoms with E-state index in [1.807, 2.05) is 6.07 Å². The lowest BCUT2D eigenvalue weighted by Crippen LogP contribution is -2.42. The zero-order valence-electron chi connectivity index (χ0n) is 21.3. The van der Waals surface area contributed by atoms with Crippen molar-refractivity contribution in [1.82, 2.24) is 4.98 Å². The molecule has 3 heterocycles. The van der Waals surface area contributed by atoms with Crippen molar-refractivity contribution in [2.24, 2.45) is 7.05 Å². The number of fused-ring (bicyclic) bond motifs is 5. The van der Waals surface area contributed by atoms with Crippen molar-refractivity contribution in [2.45, 2.75) is 65.2 Å². The molecule has 0 saturated heterocycles. The van der Waals surface area contributed by atoms with Crippen LogP contribution in [-0.2, 0) is 17.9 Å². The van der Waals surface area contributed by atoms with Crippen molar-refractivity contribution in [1.29, 1.82) is 0 Å². The van der Waals surface area contributed by atoms with E-state index in [0.717, 1.165) is 27.3 Å². The Morgan fingerprint density at radius 2 is 1.56 bits per heavy atom. The minimum Gasteiger partial charge on any atom is -0.437 e. The average Bonchev–Trinajstić information content (AvgIpc) is 3.13. The molecule has 3 nitrogen and oxygen atoms in total. The standard InChI is InChI=1S/C31H33N2O/c1-18-12-13-21-22-16-20-10-8-9-11-23(20)32-29(22)34-28(21)24(18)27-26-25(19(2)17-33(27)7)30(3,4)14-15-31(26,5)6/h8-13,16-17H,14-15H2,1-7H3/q+1. The fourth-order valence-electron chi connectivity index (χ4n) is 6.38. The number of hydrogen-bond acceptors (Lipinski definition) is 2. The summed E-state index contributed by atoms with van der Waals surface area (Å²) in [5.41, 5.74) is 10.9. The summed E-state index contributed by atoms with van der Waals surface area (Å²) in [6.45, 7) is 14.1. The predicted octanol–water partition coefficient (Wildman–Crippen LogP) is 7.59. The maximum absolute atomic E-state index is 6.60. The van der Waals surface area contributed by atoms with Crippen LogP contribution in [0.5, 0.6) is 0 Å². The molecule has 3 aromatic heterocycles. The maximum atomic E-state index is 6.60. The smallest absolute Gasteiger partial charge is 0.227 e. The van der Waals surface area contributed by atoms with Crippen molar-refractivity contribution in [3.8, 4) is 11.3 Å². The second kappa shape index (κ2) is 6.91. The summed E-state index contributed by atoms with van der Waals surface area (Å²) in [6.07, 6.45) is 4.68. The number of aromatic nitrogens is 2. The minimum absolute atomic E-state index is 0.0809. The van der Waals surface area contributed by atoms with Gasteiger partial charge in [0.1, 0.15) is 7.05 Å². The lowest BCUT2D eigenvalue weighted by Gasteiger charge is -2.42. The molecule has 1 aliphatic rings. The van der Waals surface area contributed by atoms with Crippen molar-refractivity contribution >= 4 is 33.0 Å². The summed E-state index contributed by atoms with van der Waals surface area (Å²) in [5, 5.41) is 3.36. The Hall–Kier alpha value is -3.20. The number of nitrogens with zero attached hydrogens (tertiary/aromatic N) is 2. The number of rotatable bonds is 1. The molecule has 6 rings (SSSR count). The quantitative estimate of drug-likeness (QED) is 0.247. The van der Waals surface area contributed by atoms with E-state index in [9.17, 15) is 0 Å². The van der Waals surface area contributed by atoms with Crippen LogP contribution < -0.4 is 4.57 Å².